The van der Waals surface area contributed by atoms with Crippen molar-refractivity contribution in [2.24, 2.45) is 5.92 Å². The molecule has 0 bridgehead atoms. The van der Waals surface area contributed by atoms with Gasteiger partial charge in [-0.2, -0.15) is 0 Å². The third-order valence-electron chi connectivity index (χ3n) is 4.89. The molecule has 0 aliphatic carbocycles. The molecule has 152 valence electrons. The Morgan fingerprint density at radius 3 is 2.62 bits per heavy atom. The maximum absolute atomic E-state index is 14.2. The number of fused-ring (bicyclic) bond motifs is 1. The smallest absolute Gasteiger partial charge is 0.341 e. The molecule has 29 heavy (non-hydrogen) atoms. The van der Waals surface area contributed by atoms with E-state index in [0.29, 0.717) is 16.8 Å². The minimum Gasteiger partial charge on any atom is -0.477 e. The van der Waals surface area contributed by atoms with E-state index in [0.717, 1.165) is 0 Å². The van der Waals surface area contributed by atoms with Gasteiger partial charge in [-0.25, -0.2) is 14.2 Å². The van der Waals surface area contributed by atoms with Crippen LogP contribution in [0.5, 0.6) is 0 Å². The summed E-state index contributed by atoms with van der Waals surface area (Å²) in [6.45, 7) is 3.54. The van der Waals surface area contributed by atoms with Gasteiger partial charge >= 0.3 is 5.97 Å². The Morgan fingerprint density at radius 2 is 2.00 bits per heavy atom. The van der Waals surface area contributed by atoms with Gasteiger partial charge in [0.1, 0.15) is 16.9 Å². The number of pyridine rings is 2. The number of aromatic nitrogens is 2. The van der Waals surface area contributed by atoms with Crippen LogP contribution in [-0.4, -0.2) is 32.3 Å². The van der Waals surface area contributed by atoms with E-state index in [-0.39, 0.29) is 29.5 Å². The lowest BCUT2D eigenvalue weighted by Crippen LogP contribution is -2.26. The second kappa shape index (κ2) is 8.31. The average molecular weight is 419 g/mol. The maximum atomic E-state index is 14.2. The van der Waals surface area contributed by atoms with Crippen molar-refractivity contribution < 1.29 is 19.4 Å². The van der Waals surface area contributed by atoms with E-state index in [1.807, 2.05) is 13.8 Å². The monoisotopic (exact) mass is 418 g/mol. The first-order chi connectivity index (χ1) is 13.7. The van der Waals surface area contributed by atoms with Gasteiger partial charge in [-0.15, -0.1) is 0 Å². The number of carbonyl (C=O) groups is 1. The van der Waals surface area contributed by atoms with Gasteiger partial charge in [-0.3, -0.25) is 4.79 Å². The van der Waals surface area contributed by atoms with Crippen molar-refractivity contribution in [2.45, 2.75) is 26.3 Å². The van der Waals surface area contributed by atoms with Crippen LogP contribution in [0.1, 0.15) is 41.5 Å². The number of benzene rings is 1. The highest BCUT2D eigenvalue weighted by atomic mass is 35.5. The zero-order valence-corrected chi connectivity index (χ0v) is 16.7. The molecule has 6 nitrogen and oxygen atoms in total. The summed E-state index contributed by atoms with van der Waals surface area (Å²) < 4.78 is 15.8. The van der Waals surface area contributed by atoms with Crippen LogP contribution < -0.4 is 5.43 Å². The molecule has 3 rings (SSSR count). The first kappa shape index (κ1) is 21.0. The highest BCUT2D eigenvalue weighted by Crippen LogP contribution is 2.24. The van der Waals surface area contributed by atoms with E-state index in [2.05, 4.69) is 4.98 Å². The summed E-state index contributed by atoms with van der Waals surface area (Å²) >= 11 is 5.82. The molecule has 2 heterocycles. The molecule has 0 fully saturated rings. The number of nitrogens with zero attached hydrogens (tertiary/aromatic N) is 2. The molecule has 1 unspecified atom stereocenters. The van der Waals surface area contributed by atoms with Gasteiger partial charge in [0.2, 0.25) is 5.43 Å². The quantitative estimate of drug-likeness (QED) is 0.637. The Bertz CT molecular complexity index is 1140. The van der Waals surface area contributed by atoms with Crippen molar-refractivity contribution in [3.8, 4) is 0 Å². The summed E-state index contributed by atoms with van der Waals surface area (Å²) in [6.07, 6.45) is 1.33. The summed E-state index contributed by atoms with van der Waals surface area (Å²) in [5.74, 6) is -1.96. The summed E-state index contributed by atoms with van der Waals surface area (Å²) in [5.41, 5.74) is -0.0794. The Hall–Kier alpha value is -2.77. The molecular weight excluding hydrogens is 399 g/mol. The summed E-state index contributed by atoms with van der Waals surface area (Å²) in [4.78, 5) is 28.6. The van der Waals surface area contributed by atoms with Gasteiger partial charge < -0.3 is 14.8 Å². The van der Waals surface area contributed by atoms with Crippen LogP contribution in [0, 0.1) is 11.7 Å². The molecule has 2 aromatic heterocycles. The number of halogens is 2. The predicted octanol–water partition coefficient (Wildman–Crippen LogP) is 3.67. The molecule has 0 saturated carbocycles. The highest BCUT2D eigenvalue weighted by Gasteiger charge is 2.22. The topological polar surface area (TPSA) is 92.4 Å². The fourth-order valence-corrected chi connectivity index (χ4v) is 3.48. The number of aliphatic hydroxyl groups is 1. The van der Waals surface area contributed by atoms with Crippen LogP contribution in [-0.2, 0) is 6.42 Å². The Labute approximate surface area is 171 Å². The van der Waals surface area contributed by atoms with Crippen LogP contribution in [0.2, 0.25) is 5.02 Å². The number of carboxylic acid groups (broad SMARTS) is 1. The molecule has 0 saturated heterocycles. The van der Waals surface area contributed by atoms with E-state index in [1.54, 1.807) is 28.8 Å². The summed E-state index contributed by atoms with van der Waals surface area (Å²) in [6, 6.07) is 7.47. The molecular formula is C21H20ClFN2O4. The van der Waals surface area contributed by atoms with Gasteiger partial charge in [0.15, 0.2) is 0 Å². The summed E-state index contributed by atoms with van der Waals surface area (Å²) in [7, 11) is 0. The first-order valence-electron chi connectivity index (χ1n) is 9.06. The highest BCUT2D eigenvalue weighted by molar-refractivity contribution is 6.30. The molecule has 3 aromatic rings. The molecule has 8 heteroatoms. The lowest BCUT2D eigenvalue weighted by atomic mass is 10.0. The number of hydrogen-bond donors (Lipinski definition) is 2. The van der Waals surface area contributed by atoms with Gasteiger partial charge in [-0.05, 0) is 29.7 Å². The van der Waals surface area contributed by atoms with Crippen LogP contribution in [0.4, 0.5) is 4.39 Å². The van der Waals surface area contributed by atoms with Gasteiger partial charge in [-0.1, -0.05) is 37.6 Å². The minimum atomic E-state index is -1.38. The van der Waals surface area contributed by atoms with Crippen molar-refractivity contribution in [3.05, 3.63) is 74.4 Å². The van der Waals surface area contributed by atoms with Crippen LogP contribution in [0.15, 0.2) is 41.3 Å². The number of hydrogen-bond acceptors (Lipinski definition) is 4. The van der Waals surface area contributed by atoms with E-state index >= 15 is 0 Å². The molecule has 0 aliphatic heterocycles. The molecule has 1 aromatic carbocycles. The third-order valence-corrected chi connectivity index (χ3v) is 5.18. The SMILES string of the molecule is CC(C)C(CO)n1cc(C(=O)O)c(=O)c2nc(Cc3cccc(Cl)c3F)ccc21. The lowest BCUT2D eigenvalue weighted by molar-refractivity contribution is 0.0694. The average Bonchev–Trinajstić information content (AvgIpc) is 2.67. The zero-order valence-electron chi connectivity index (χ0n) is 15.9. The number of rotatable bonds is 6. The molecule has 0 radical (unpaired) electrons. The first-order valence-corrected chi connectivity index (χ1v) is 9.44. The standard InChI is InChI=1S/C21H20ClFN2O4/c1-11(2)17(10-26)25-9-14(21(28)29)20(27)19-16(25)7-6-13(24-19)8-12-4-3-5-15(22)18(12)23/h3-7,9,11,17,26H,8,10H2,1-2H3,(H,28,29). The van der Waals surface area contributed by atoms with Crippen LogP contribution in [0.3, 0.4) is 0 Å². The Balaban J connectivity index is 2.21. The number of aromatic carboxylic acids is 1. The number of aliphatic hydroxyl groups excluding tert-OH is 1. The number of carboxylic acids is 1. The second-order valence-electron chi connectivity index (χ2n) is 7.14. The largest absolute Gasteiger partial charge is 0.477 e. The van der Waals surface area contributed by atoms with Crippen molar-refractivity contribution in [2.75, 3.05) is 6.61 Å². The molecule has 0 aliphatic rings. The Morgan fingerprint density at radius 1 is 1.28 bits per heavy atom. The van der Waals surface area contributed by atoms with E-state index in [9.17, 15) is 24.2 Å². The lowest BCUT2D eigenvalue weighted by Gasteiger charge is -2.24. The van der Waals surface area contributed by atoms with E-state index in [4.69, 9.17) is 11.6 Å². The molecule has 0 spiro atoms. The van der Waals surface area contributed by atoms with Gasteiger partial charge in [0, 0.05) is 18.3 Å². The van der Waals surface area contributed by atoms with Crippen molar-refractivity contribution in [3.63, 3.8) is 0 Å². The molecule has 0 amide bonds. The molecule has 1 atom stereocenters. The second-order valence-corrected chi connectivity index (χ2v) is 7.55. The fraction of sp³-hybridized carbons (Fsp3) is 0.286. The maximum Gasteiger partial charge on any atom is 0.341 e. The fourth-order valence-electron chi connectivity index (χ4n) is 3.29. The van der Waals surface area contributed by atoms with Gasteiger partial charge in [0.05, 0.1) is 23.2 Å². The Kier molecular flexibility index (Phi) is 6.00. The molecule has 2 N–H and O–H groups in total. The van der Waals surface area contributed by atoms with Gasteiger partial charge in [0.25, 0.3) is 0 Å². The van der Waals surface area contributed by atoms with E-state index < -0.39 is 28.8 Å². The summed E-state index contributed by atoms with van der Waals surface area (Å²) in [5, 5.41) is 19.2. The van der Waals surface area contributed by atoms with Crippen molar-refractivity contribution in [1.29, 1.82) is 0 Å². The normalized spacial score (nSPS) is 12.5. The zero-order chi connectivity index (χ0) is 21.3. The van der Waals surface area contributed by atoms with Crippen molar-refractivity contribution in [1.82, 2.24) is 9.55 Å². The van der Waals surface area contributed by atoms with E-state index in [1.165, 1.54) is 12.3 Å². The minimum absolute atomic E-state index is 0.0125. The van der Waals surface area contributed by atoms with Crippen molar-refractivity contribution >= 4 is 28.6 Å². The van der Waals surface area contributed by atoms with Crippen LogP contribution >= 0.6 is 11.6 Å². The van der Waals surface area contributed by atoms with Crippen LogP contribution in [0.25, 0.3) is 11.0 Å². The predicted molar refractivity (Wildman–Crippen MR) is 108 cm³/mol. The third kappa shape index (κ3) is 4.02.